The van der Waals surface area contributed by atoms with Crippen LogP contribution in [0.4, 0.5) is 5.69 Å². The van der Waals surface area contributed by atoms with E-state index >= 15 is 0 Å². The molecule has 0 aliphatic carbocycles. The van der Waals surface area contributed by atoms with E-state index in [0.717, 1.165) is 12.3 Å². The number of amidine groups is 1. The highest BCUT2D eigenvalue weighted by Crippen LogP contribution is 2.35. The van der Waals surface area contributed by atoms with Gasteiger partial charge in [0.25, 0.3) is 0 Å². The molecule has 27 heavy (non-hydrogen) atoms. The van der Waals surface area contributed by atoms with E-state index in [1.807, 2.05) is 5.43 Å². The van der Waals surface area contributed by atoms with Gasteiger partial charge >= 0.3 is 0 Å². The van der Waals surface area contributed by atoms with Crippen LogP contribution in [0.15, 0.2) is 27.1 Å². The third-order valence-corrected chi connectivity index (χ3v) is 6.50. The Balaban J connectivity index is 2.83. The van der Waals surface area contributed by atoms with Gasteiger partial charge in [0, 0.05) is 25.0 Å². The summed E-state index contributed by atoms with van der Waals surface area (Å²) in [6.07, 6.45) is 1.21. The first-order valence-corrected chi connectivity index (χ1v) is 11.0. The summed E-state index contributed by atoms with van der Waals surface area (Å²) in [5, 5.41) is 25.6. The summed E-state index contributed by atoms with van der Waals surface area (Å²) in [5.41, 5.74) is 13.8. The van der Waals surface area contributed by atoms with Gasteiger partial charge in [-0.15, -0.1) is 0 Å². The number of rotatable bonds is 6. The van der Waals surface area contributed by atoms with E-state index in [4.69, 9.17) is 21.8 Å². The fraction of sp³-hybridized carbons (Fsp3) is 0.462. The first-order chi connectivity index (χ1) is 12.3. The Morgan fingerprint density at radius 1 is 1.41 bits per heavy atom. The van der Waals surface area contributed by atoms with Gasteiger partial charge < -0.3 is 15.7 Å². The van der Waals surface area contributed by atoms with Crippen molar-refractivity contribution in [3.63, 3.8) is 0 Å². The Labute approximate surface area is 156 Å². The fourth-order valence-corrected chi connectivity index (χ4v) is 5.37. The number of nitrogens with one attached hydrogen (secondary N) is 3. The van der Waals surface area contributed by atoms with Crippen LogP contribution in [-0.4, -0.2) is 59.3 Å². The number of primary sulfonamides is 1. The Kier molecular flexibility index (Phi) is 5.58. The van der Waals surface area contributed by atoms with Crippen LogP contribution in [0, 0.1) is 10.9 Å². The molecule has 1 unspecified atom stereocenters. The molecule has 0 saturated carbocycles. The van der Waals surface area contributed by atoms with Crippen LogP contribution in [0.25, 0.3) is 0 Å². The number of sulfone groups is 1. The summed E-state index contributed by atoms with van der Waals surface area (Å²) in [5.74, 6) is -0.618. The molecule has 1 heterocycles. The largest absolute Gasteiger partial charge is 0.394 e. The molecule has 12 nitrogen and oxygen atoms in total. The van der Waals surface area contributed by atoms with Crippen LogP contribution < -0.4 is 21.2 Å². The molecule has 150 valence electrons. The van der Waals surface area contributed by atoms with E-state index in [9.17, 15) is 21.9 Å². The lowest BCUT2D eigenvalue weighted by Crippen LogP contribution is -2.46. The summed E-state index contributed by atoms with van der Waals surface area (Å²) in [4.78, 5) is 0.287. The number of benzene rings is 1. The maximum absolute atomic E-state index is 12.2. The van der Waals surface area contributed by atoms with Crippen molar-refractivity contribution in [3.05, 3.63) is 17.7 Å². The number of hydrogen-bond acceptors (Lipinski definition) is 10. The molecule has 0 aromatic heterocycles. The van der Waals surface area contributed by atoms with Gasteiger partial charge in [0.05, 0.1) is 22.6 Å². The topological polar surface area (TPSA) is 216 Å². The minimum absolute atomic E-state index is 0.143. The third-order valence-electron chi connectivity index (χ3n) is 4.24. The predicted octanol–water partition coefficient (Wildman–Crippen LogP) is -1.50. The smallest absolute Gasteiger partial charge is 0.240 e. The summed E-state index contributed by atoms with van der Waals surface area (Å²) in [6, 6.07) is 2.43. The molecule has 0 spiro atoms. The molecule has 8 N–H and O–H groups in total. The third kappa shape index (κ3) is 4.24. The Morgan fingerprint density at radius 3 is 2.48 bits per heavy atom. The zero-order chi connectivity index (χ0) is 20.6. The lowest BCUT2D eigenvalue weighted by molar-refractivity contribution is 0.210. The van der Waals surface area contributed by atoms with Crippen molar-refractivity contribution in [2.75, 3.05) is 30.9 Å². The zero-order valence-corrected chi connectivity index (χ0v) is 16.1. The average Bonchev–Trinajstić information content (AvgIpc) is 2.95. The summed E-state index contributed by atoms with van der Waals surface area (Å²) in [6.45, 7) is 0.168. The molecule has 1 aromatic rings. The van der Waals surface area contributed by atoms with Crippen molar-refractivity contribution in [2.45, 2.75) is 21.8 Å². The second-order valence-corrected chi connectivity index (χ2v) is 9.88. The minimum Gasteiger partial charge on any atom is -0.394 e. The predicted molar refractivity (Wildman–Crippen MR) is 96.9 cm³/mol. The monoisotopic (exact) mass is 419 g/mol. The number of aliphatic hydroxyl groups excluding tert-OH is 1. The second-order valence-electron chi connectivity index (χ2n) is 6.39. The van der Waals surface area contributed by atoms with Crippen molar-refractivity contribution in [1.29, 1.82) is 10.9 Å². The van der Waals surface area contributed by atoms with Crippen LogP contribution in [0.5, 0.6) is 0 Å². The number of nitrogens with two attached hydrogens (primary N) is 2. The lowest BCUT2D eigenvalue weighted by atomic mass is 10.0. The van der Waals surface area contributed by atoms with Crippen molar-refractivity contribution in [3.8, 4) is 0 Å². The van der Waals surface area contributed by atoms with E-state index in [1.54, 1.807) is 4.90 Å². The molecule has 1 saturated heterocycles. The maximum atomic E-state index is 12.2. The summed E-state index contributed by atoms with van der Waals surface area (Å²) in [7, 11) is -8.57. The van der Waals surface area contributed by atoms with Crippen molar-refractivity contribution in [1.82, 2.24) is 5.43 Å². The van der Waals surface area contributed by atoms with Crippen LogP contribution in [-0.2, 0) is 19.9 Å². The summed E-state index contributed by atoms with van der Waals surface area (Å²) >= 11 is 0. The zero-order valence-electron chi connectivity index (χ0n) is 14.4. The van der Waals surface area contributed by atoms with Gasteiger partial charge in [-0.1, -0.05) is 5.22 Å². The Hall–Kier alpha value is -2.13. The van der Waals surface area contributed by atoms with Gasteiger partial charge in [-0.25, -0.2) is 27.4 Å². The highest BCUT2D eigenvalue weighted by molar-refractivity contribution is 7.93. The highest BCUT2D eigenvalue weighted by Gasteiger charge is 2.37. The van der Waals surface area contributed by atoms with Crippen LogP contribution in [0.1, 0.15) is 12.0 Å². The van der Waals surface area contributed by atoms with Gasteiger partial charge in [0.1, 0.15) is 4.90 Å². The normalized spacial score (nSPS) is 20.5. The minimum atomic E-state index is -4.57. The fourth-order valence-electron chi connectivity index (χ4n) is 2.98. The molecule has 1 aliphatic rings. The van der Waals surface area contributed by atoms with Gasteiger partial charge in [-0.3, -0.25) is 5.41 Å². The highest BCUT2D eigenvalue weighted by atomic mass is 32.2. The van der Waals surface area contributed by atoms with E-state index in [2.05, 4.69) is 5.22 Å². The Morgan fingerprint density at radius 2 is 2.04 bits per heavy atom. The SMILES string of the molecule is CS(=O)(=O)c1ccc(N2CCC(N)(CO)C2)c(C(=N)NN=N)c1S(N)(=O)=O. The molecular formula is C13H21N7O5S2. The van der Waals surface area contributed by atoms with Crippen molar-refractivity contribution >= 4 is 31.4 Å². The maximum Gasteiger partial charge on any atom is 0.240 e. The first kappa shape index (κ1) is 21.2. The molecule has 1 aromatic carbocycles. The average molecular weight is 419 g/mol. The molecular weight excluding hydrogens is 398 g/mol. The first-order valence-electron chi connectivity index (χ1n) is 7.60. The number of aliphatic hydroxyl groups is 1. The van der Waals surface area contributed by atoms with Crippen LogP contribution in [0.3, 0.4) is 0 Å². The van der Waals surface area contributed by atoms with E-state index < -0.39 is 41.0 Å². The van der Waals surface area contributed by atoms with Gasteiger partial charge in [-0.2, -0.15) is 5.53 Å². The summed E-state index contributed by atoms with van der Waals surface area (Å²) < 4.78 is 48.6. The molecule has 0 amide bonds. The molecule has 14 heteroatoms. The van der Waals surface area contributed by atoms with Gasteiger partial charge in [-0.05, 0) is 18.6 Å². The number of sulfonamides is 1. The van der Waals surface area contributed by atoms with Gasteiger partial charge in [0.2, 0.25) is 10.0 Å². The Bertz CT molecular complexity index is 993. The lowest BCUT2D eigenvalue weighted by Gasteiger charge is -2.26. The van der Waals surface area contributed by atoms with E-state index in [0.29, 0.717) is 13.0 Å². The van der Waals surface area contributed by atoms with Crippen LogP contribution >= 0.6 is 0 Å². The quantitative estimate of drug-likeness (QED) is 0.138. The molecule has 0 radical (unpaired) electrons. The molecule has 1 fully saturated rings. The van der Waals surface area contributed by atoms with Crippen molar-refractivity contribution in [2.24, 2.45) is 16.1 Å². The molecule has 0 bridgehead atoms. The van der Waals surface area contributed by atoms with E-state index in [-0.39, 0.29) is 24.4 Å². The standard InChI is InChI=1S/C13H21N7O5S2/c1-26(22,23)9-3-2-8(20-5-4-13(15,6-20)7-21)10(12(14)18-19-16)11(9)27(17,24)25/h2-3,21H,4-7,15H2,1H3,(H3,14,16,18)(H2,17,24,25). The van der Waals surface area contributed by atoms with Crippen LogP contribution in [0.2, 0.25) is 0 Å². The number of nitrogens with zero attached hydrogens (tertiary/aromatic N) is 2. The molecule has 2 rings (SSSR count). The molecule has 1 atom stereocenters. The van der Waals surface area contributed by atoms with Gasteiger partial charge in [0.15, 0.2) is 15.7 Å². The molecule has 1 aliphatic heterocycles. The number of anilines is 1. The van der Waals surface area contributed by atoms with Crippen molar-refractivity contribution < 1.29 is 21.9 Å². The van der Waals surface area contributed by atoms with E-state index in [1.165, 1.54) is 6.07 Å². The number of hydrogen-bond donors (Lipinski definition) is 6. The second kappa shape index (κ2) is 7.12.